The first-order valence-electron chi connectivity index (χ1n) is 8.71. The van der Waals surface area contributed by atoms with E-state index in [1.165, 1.54) is 5.71 Å². The van der Waals surface area contributed by atoms with Crippen molar-refractivity contribution in [2.75, 3.05) is 46.0 Å². The SMILES string of the molecule is CCO[Si](CCCN=C(C)CN(CC)CC)(OCC)OCC. The Morgan fingerprint density at radius 3 is 1.82 bits per heavy atom. The highest BCUT2D eigenvalue weighted by Crippen LogP contribution is 2.18. The van der Waals surface area contributed by atoms with Gasteiger partial charge < -0.3 is 13.3 Å². The molecule has 0 bridgehead atoms. The standard InChI is InChI=1S/C16H36N2O3Si/c1-7-18(8-2)15-16(6)17-13-12-14-22(19-9-3,20-10-4)21-11-5/h7-15H2,1-6H3. The smallest absolute Gasteiger partial charge is 0.374 e. The molecule has 0 heterocycles. The Kier molecular flexibility index (Phi) is 13.0. The van der Waals surface area contributed by atoms with E-state index < -0.39 is 8.80 Å². The van der Waals surface area contributed by atoms with Crippen LogP contribution < -0.4 is 0 Å². The first kappa shape index (κ1) is 21.7. The first-order valence-corrected chi connectivity index (χ1v) is 10.6. The fraction of sp³-hybridized carbons (Fsp3) is 0.938. The van der Waals surface area contributed by atoms with Gasteiger partial charge in [0, 0.05) is 44.7 Å². The van der Waals surface area contributed by atoms with Crippen molar-refractivity contribution in [2.24, 2.45) is 4.99 Å². The monoisotopic (exact) mass is 332 g/mol. The Labute approximate surface area is 138 Å². The zero-order valence-electron chi connectivity index (χ0n) is 15.5. The average molecular weight is 333 g/mol. The fourth-order valence-corrected chi connectivity index (χ4v) is 4.98. The average Bonchev–Trinajstić information content (AvgIpc) is 2.50. The van der Waals surface area contributed by atoms with Gasteiger partial charge in [0.15, 0.2) is 0 Å². The zero-order valence-corrected chi connectivity index (χ0v) is 16.5. The van der Waals surface area contributed by atoms with Crippen LogP contribution in [0.5, 0.6) is 0 Å². The predicted octanol–water partition coefficient (Wildman–Crippen LogP) is 3.23. The molecule has 6 heteroatoms. The van der Waals surface area contributed by atoms with Gasteiger partial charge in [-0.25, -0.2) is 0 Å². The Morgan fingerprint density at radius 2 is 1.41 bits per heavy atom. The second-order valence-electron chi connectivity index (χ2n) is 5.16. The molecule has 0 atom stereocenters. The summed E-state index contributed by atoms with van der Waals surface area (Å²) < 4.78 is 17.6. The van der Waals surface area contributed by atoms with Gasteiger partial charge in [-0.15, -0.1) is 0 Å². The predicted molar refractivity (Wildman–Crippen MR) is 95.8 cm³/mol. The lowest BCUT2D eigenvalue weighted by Crippen LogP contribution is -2.46. The lowest BCUT2D eigenvalue weighted by atomic mass is 10.3. The van der Waals surface area contributed by atoms with E-state index in [1.807, 2.05) is 20.8 Å². The van der Waals surface area contributed by atoms with Crippen molar-refractivity contribution in [3.63, 3.8) is 0 Å². The highest BCUT2D eigenvalue weighted by Gasteiger charge is 2.39. The molecule has 0 spiro atoms. The third kappa shape index (κ3) is 9.00. The molecule has 0 aliphatic heterocycles. The maximum absolute atomic E-state index is 5.85. The van der Waals surface area contributed by atoms with Gasteiger partial charge in [-0.05, 0) is 47.2 Å². The second-order valence-corrected chi connectivity index (χ2v) is 7.90. The molecule has 0 aliphatic rings. The molecule has 0 fully saturated rings. The van der Waals surface area contributed by atoms with Crippen LogP contribution in [-0.2, 0) is 13.3 Å². The molecule has 0 saturated heterocycles. The summed E-state index contributed by atoms with van der Waals surface area (Å²) >= 11 is 0. The van der Waals surface area contributed by atoms with Gasteiger partial charge in [0.25, 0.3) is 0 Å². The largest absolute Gasteiger partial charge is 0.500 e. The third-order valence-corrected chi connectivity index (χ3v) is 6.61. The number of hydrogen-bond donors (Lipinski definition) is 0. The summed E-state index contributed by atoms with van der Waals surface area (Å²) in [5, 5.41) is 0. The van der Waals surface area contributed by atoms with E-state index in [-0.39, 0.29) is 0 Å². The van der Waals surface area contributed by atoms with E-state index in [0.717, 1.165) is 38.6 Å². The van der Waals surface area contributed by atoms with Crippen LogP contribution in [-0.4, -0.2) is 65.4 Å². The van der Waals surface area contributed by atoms with Crippen molar-refractivity contribution >= 4 is 14.5 Å². The molecule has 0 unspecified atom stereocenters. The van der Waals surface area contributed by atoms with E-state index >= 15 is 0 Å². The molecule has 22 heavy (non-hydrogen) atoms. The Hall–Kier alpha value is -0.273. The molecule has 0 aliphatic carbocycles. The van der Waals surface area contributed by atoms with Gasteiger partial charge in [-0.2, -0.15) is 0 Å². The van der Waals surface area contributed by atoms with E-state index in [2.05, 4.69) is 30.7 Å². The minimum atomic E-state index is -2.49. The maximum Gasteiger partial charge on any atom is 0.500 e. The van der Waals surface area contributed by atoms with Crippen LogP contribution in [0.4, 0.5) is 0 Å². The van der Waals surface area contributed by atoms with Gasteiger partial charge in [0.1, 0.15) is 0 Å². The number of nitrogens with zero attached hydrogens (tertiary/aromatic N) is 2. The van der Waals surface area contributed by atoms with E-state index in [1.54, 1.807) is 0 Å². The Bertz CT molecular complexity index is 280. The summed E-state index contributed by atoms with van der Waals surface area (Å²) in [5.41, 5.74) is 1.19. The lowest BCUT2D eigenvalue weighted by molar-refractivity contribution is 0.0710. The van der Waals surface area contributed by atoms with Crippen molar-refractivity contribution in [1.82, 2.24) is 4.90 Å². The van der Waals surface area contributed by atoms with Crippen LogP contribution in [0, 0.1) is 0 Å². The molecule has 132 valence electrons. The van der Waals surface area contributed by atoms with Gasteiger partial charge >= 0.3 is 8.80 Å². The van der Waals surface area contributed by atoms with Crippen LogP contribution in [0.1, 0.15) is 48.0 Å². The quantitative estimate of drug-likeness (QED) is 0.278. The summed E-state index contributed by atoms with van der Waals surface area (Å²) in [4.78, 5) is 7.05. The molecular weight excluding hydrogens is 296 g/mol. The van der Waals surface area contributed by atoms with Crippen molar-refractivity contribution in [3.05, 3.63) is 0 Å². The topological polar surface area (TPSA) is 43.3 Å². The number of aliphatic imine (C=N–C) groups is 1. The van der Waals surface area contributed by atoms with Crippen molar-refractivity contribution in [2.45, 2.75) is 54.0 Å². The summed E-state index contributed by atoms with van der Waals surface area (Å²) in [5.74, 6) is 0. The summed E-state index contributed by atoms with van der Waals surface area (Å²) in [6.45, 7) is 18.3. The summed E-state index contributed by atoms with van der Waals surface area (Å²) in [7, 11) is -2.49. The van der Waals surface area contributed by atoms with Crippen LogP contribution >= 0.6 is 0 Å². The fourth-order valence-electron chi connectivity index (χ4n) is 2.39. The second kappa shape index (κ2) is 13.2. The third-order valence-electron chi connectivity index (χ3n) is 3.46. The van der Waals surface area contributed by atoms with Crippen molar-refractivity contribution in [3.8, 4) is 0 Å². The first-order chi connectivity index (χ1) is 10.6. The zero-order chi connectivity index (χ0) is 16.8. The Balaban J connectivity index is 4.36. The molecule has 0 rings (SSSR count). The summed E-state index contributed by atoms with van der Waals surface area (Å²) in [6.07, 6.45) is 0.946. The molecule has 0 amide bonds. The van der Waals surface area contributed by atoms with Crippen LogP contribution in [0.3, 0.4) is 0 Å². The lowest BCUT2D eigenvalue weighted by Gasteiger charge is -2.28. The van der Waals surface area contributed by atoms with Crippen molar-refractivity contribution in [1.29, 1.82) is 0 Å². The highest BCUT2D eigenvalue weighted by atomic mass is 28.4. The molecule has 0 saturated carbocycles. The molecular formula is C16H36N2O3Si. The van der Waals surface area contributed by atoms with Gasteiger partial charge in [-0.3, -0.25) is 9.89 Å². The van der Waals surface area contributed by atoms with E-state index in [0.29, 0.717) is 19.8 Å². The van der Waals surface area contributed by atoms with Crippen LogP contribution in [0.25, 0.3) is 0 Å². The van der Waals surface area contributed by atoms with Gasteiger partial charge in [0.2, 0.25) is 0 Å². The van der Waals surface area contributed by atoms with Crippen LogP contribution in [0.15, 0.2) is 4.99 Å². The van der Waals surface area contributed by atoms with E-state index in [4.69, 9.17) is 13.3 Å². The molecule has 5 nitrogen and oxygen atoms in total. The molecule has 0 aromatic heterocycles. The molecule has 0 N–H and O–H groups in total. The molecule has 0 radical (unpaired) electrons. The summed E-state index contributed by atoms with van der Waals surface area (Å²) in [6, 6.07) is 0.838. The van der Waals surface area contributed by atoms with Gasteiger partial charge in [-0.1, -0.05) is 13.8 Å². The van der Waals surface area contributed by atoms with Gasteiger partial charge in [0.05, 0.1) is 0 Å². The van der Waals surface area contributed by atoms with Crippen LogP contribution in [0.2, 0.25) is 6.04 Å². The minimum absolute atomic E-state index is 0.635. The highest BCUT2D eigenvalue weighted by molar-refractivity contribution is 6.60. The maximum atomic E-state index is 5.85. The number of rotatable bonds is 14. The molecule has 0 aromatic rings. The van der Waals surface area contributed by atoms with Crippen molar-refractivity contribution < 1.29 is 13.3 Å². The number of hydrogen-bond acceptors (Lipinski definition) is 5. The molecule has 0 aromatic carbocycles. The normalized spacial score (nSPS) is 13.1. The minimum Gasteiger partial charge on any atom is -0.374 e. The Morgan fingerprint density at radius 1 is 0.909 bits per heavy atom. The van der Waals surface area contributed by atoms with E-state index in [9.17, 15) is 0 Å².